The van der Waals surface area contributed by atoms with Crippen LogP contribution in [0.25, 0.3) is 11.1 Å². The van der Waals surface area contributed by atoms with Gasteiger partial charge in [0.05, 0.1) is 6.20 Å². The predicted molar refractivity (Wildman–Crippen MR) is 67.2 cm³/mol. The normalized spacial score (nSPS) is 11.0. The fourth-order valence-corrected chi connectivity index (χ4v) is 1.70. The third-order valence-corrected chi connectivity index (χ3v) is 2.65. The lowest BCUT2D eigenvalue weighted by molar-refractivity contribution is 0.532. The Labute approximate surface area is 95.9 Å². The molecule has 0 unspecified atom stereocenters. The summed E-state index contributed by atoms with van der Waals surface area (Å²) in [6.07, 6.45) is 3.90. The maximum absolute atomic E-state index is 6.00. The highest BCUT2D eigenvalue weighted by molar-refractivity contribution is 5.75. The van der Waals surface area contributed by atoms with Gasteiger partial charge in [0, 0.05) is 29.1 Å². The van der Waals surface area contributed by atoms with E-state index in [2.05, 4.69) is 25.0 Å². The number of nitrogen functional groups attached to an aromatic ring is 1. The van der Waals surface area contributed by atoms with Crippen molar-refractivity contribution in [1.29, 1.82) is 0 Å². The van der Waals surface area contributed by atoms with Gasteiger partial charge in [0.25, 0.3) is 0 Å². The number of anilines is 1. The van der Waals surface area contributed by atoms with Crippen LogP contribution >= 0.6 is 0 Å². The molecule has 0 aliphatic rings. The fraction of sp³-hybridized carbons (Fsp3) is 0.308. The van der Waals surface area contributed by atoms with Gasteiger partial charge in [-0.05, 0) is 32.4 Å². The summed E-state index contributed by atoms with van der Waals surface area (Å²) in [4.78, 5) is 0. The average Bonchev–Trinajstić information content (AvgIpc) is 2.66. The van der Waals surface area contributed by atoms with Crippen LogP contribution in [0, 0.1) is 6.92 Å². The van der Waals surface area contributed by atoms with Crippen molar-refractivity contribution in [2.75, 3.05) is 5.73 Å². The van der Waals surface area contributed by atoms with Crippen LogP contribution in [0.1, 0.15) is 25.5 Å². The lowest BCUT2D eigenvalue weighted by Gasteiger charge is -2.05. The standard InChI is InChI=1S/C13H17N3/c1-9(2)16-8-11(7-15-16)12-5-4-10(3)6-13(12)14/h4-9H,14H2,1-3H3. The van der Waals surface area contributed by atoms with Crippen LogP contribution in [0.5, 0.6) is 0 Å². The first-order valence-electron chi connectivity index (χ1n) is 5.48. The minimum Gasteiger partial charge on any atom is -0.398 e. The van der Waals surface area contributed by atoms with Crippen molar-refractivity contribution in [2.45, 2.75) is 26.8 Å². The van der Waals surface area contributed by atoms with E-state index in [-0.39, 0.29) is 0 Å². The Bertz CT molecular complexity index is 498. The smallest absolute Gasteiger partial charge is 0.0569 e. The zero-order valence-corrected chi connectivity index (χ0v) is 9.94. The van der Waals surface area contributed by atoms with Crippen LogP contribution in [-0.4, -0.2) is 9.78 Å². The number of nitrogens with zero attached hydrogens (tertiary/aromatic N) is 2. The Kier molecular flexibility index (Phi) is 2.69. The molecule has 0 saturated heterocycles. The summed E-state index contributed by atoms with van der Waals surface area (Å²) in [6.45, 7) is 6.25. The van der Waals surface area contributed by atoms with Crippen molar-refractivity contribution < 1.29 is 0 Å². The minimum absolute atomic E-state index is 0.375. The van der Waals surface area contributed by atoms with E-state index in [0.29, 0.717) is 6.04 Å². The molecular formula is C13H17N3. The highest BCUT2D eigenvalue weighted by Gasteiger charge is 2.06. The zero-order chi connectivity index (χ0) is 11.7. The second-order valence-electron chi connectivity index (χ2n) is 4.39. The van der Waals surface area contributed by atoms with Gasteiger partial charge in [-0.2, -0.15) is 5.10 Å². The van der Waals surface area contributed by atoms with Crippen molar-refractivity contribution in [1.82, 2.24) is 9.78 Å². The van der Waals surface area contributed by atoms with Crippen LogP contribution in [0.2, 0.25) is 0 Å². The quantitative estimate of drug-likeness (QED) is 0.782. The van der Waals surface area contributed by atoms with Gasteiger partial charge in [-0.15, -0.1) is 0 Å². The molecule has 3 nitrogen and oxygen atoms in total. The highest BCUT2D eigenvalue weighted by Crippen LogP contribution is 2.26. The molecule has 0 amide bonds. The monoisotopic (exact) mass is 215 g/mol. The maximum Gasteiger partial charge on any atom is 0.0569 e. The van der Waals surface area contributed by atoms with E-state index < -0.39 is 0 Å². The predicted octanol–water partition coefficient (Wildman–Crippen LogP) is 3.02. The molecule has 0 atom stereocenters. The molecule has 0 radical (unpaired) electrons. The molecule has 1 aromatic carbocycles. The van der Waals surface area contributed by atoms with Gasteiger partial charge in [-0.3, -0.25) is 4.68 Å². The van der Waals surface area contributed by atoms with Crippen LogP contribution in [-0.2, 0) is 0 Å². The summed E-state index contributed by atoms with van der Waals surface area (Å²) < 4.78 is 1.94. The lowest BCUT2D eigenvalue weighted by Crippen LogP contribution is -1.99. The molecule has 0 bridgehead atoms. The number of benzene rings is 1. The van der Waals surface area contributed by atoms with Crippen molar-refractivity contribution in [3.63, 3.8) is 0 Å². The Morgan fingerprint density at radius 3 is 2.62 bits per heavy atom. The molecule has 2 N–H and O–H groups in total. The van der Waals surface area contributed by atoms with E-state index in [0.717, 1.165) is 16.8 Å². The van der Waals surface area contributed by atoms with Gasteiger partial charge in [-0.25, -0.2) is 0 Å². The SMILES string of the molecule is Cc1ccc(-c2cnn(C(C)C)c2)c(N)c1. The largest absolute Gasteiger partial charge is 0.398 e. The topological polar surface area (TPSA) is 43.8 Å². The Hall–Kier alpha value is -1.77. The van der Waals surface area contributed by atoms with Crippen molar-refractivity contribution in [3.8, 4) is 11.1 Å². The zero-order valence-electron chi connectivity index (χ0n) is 9.94. The number of hydrogen-bond acceptors (Lipinski definition) is 2. The molecule has 1 aromatic heterocycles. The second-order valence-corrected chi connectivity index (χ2v) is 4.39. The number of aryl methyl sites for hydroxylation is 1. The highest BCUT2D eigenvalue weighted by atomic mass is 15.3. The summed E-state index contributed by atoms with van der Waals surface area (Å²) in [5.74, 6) is 0. The van der Waals surface area contributed by atoms with Crippen LogP contribution in [0.4, 0.5) is 5.69 Å². The lowest BCUT2D eigenvalue weighted by atomic mass is 10.1. The Morgan fingerprint density at radius 1 is 1.31 bits per heavy atom. The Balaban J connectivity index is 2.42. The molecule has 0 spiro atoms. The van der Waals surface area contributed by atoms with E-state index in [1.54, 1.807) is 0 Å². The molecule has 0 aliphatic carbocycles. The van der Waals surface area contributed by atoms with Gasteiger partial charge in [-0.1, -0.05) is 12.1 Å². The summed E-state index contributed by atoms with van der Waals surface area (Å²) >= 11 is 0. The molecular weight excluding hydrogens is 198 g/mol. The van der Waals surface area contributed by atoms with Gasteiger partial charge < -0.3 is 5.73 Å². The van der Waals surface area contributed by atoms with Crippen LogP contribution in [0.3, 0.4) is 0 Å². The Morgan fingerprint density at radius 2 is 2.06 bits per heavy atom. The molecule has 84 valence electrons. The molecule has 0 fully saturated rings. The number of rotatable bonds is 2. The molecule has 2 rings (SSSR count). The fourth-order valence-electron chi connectivity index (χ4n) is 1.70. The van der Waals surface area contributed by atoms with Crippen molar-refractivity contribution in [2.24, 2.45) is 0 Å². The van der Waals surface area contributed by atoms with Crippen LogP contribution < -0.4 is 5.73 Å². The van der Waals surface area contributed by atoms with E-state index in [1.165, 1.54) is 5.56 Å². The molecule has 0 aliphatic heterocycles. The van der Waals surface area contributed by atoms with Gasteiger partial charge >= 0.3 is 0 Å². The molecule has 16 heavy (non-hydrogen) atoms. The maximum atomic E-state index is 6.00. The molecule has 1 heterocycles. The third-order valence-electron chi connectivity index (χ3n) is 2.65. The van der Waals surface area contributed by atoms with Crippen molar-refractivity contribution >= 4 is 5.69 Å². The van der Waals surface area contributed by atoms with Gasteiger partial charge in [0.2, 0.25) is 0 Å². The number of nitrogens with two attached hydrogens (primary N) is 1. The number of hydrogen-bond donors (Lipinski definition) is 1. The summed E-state index contributed by atoms with van der Waals surface area (Å²) in [6, 6.07) is 6.48. The van der Waals surface area contributed by atoms with Crippen LogP contribution in [0.15, 0.2) is 30.6 Å². The second kappa shape index (κ2) is 4.00. The van der Waals surface area contributed by atoms with E-state index >= 15 is 0 Å². The first-order valence-corrected chi connectivity index (χ1v) is 5.48. The summed E-state index contributed by atoms with van der Waals surface area (Å²) in [7, 11) is 0. The van der Waals surface area contributed by atoms with Crippen molar-refractivity contribution in [3.05, 3.63) is 36.2 Å². The molecule has 3 heteroatoms. The van der Waals surface area contributed by atoms with E-state index in [9.17, 15) is 0 Å². The minimum atomic E-state index is 0.375. The molecule has 0 saturated carbocycles. The summed E-state index contributed by atoms with van der Waals surface area (Å²) in [5.41, 5.74) is 10.1. The summed E-state index contributed by atoms with van der Waals surface area (Å²) in [5, 5.41) is 4.32. The van der Waals surface area contributed by atoms with Gasteiger partial charge in [0.15, 0.2) is 0 Å². The number of aromatic nitrogens is 2. The van der Waals surface area contributed by atoms with Gasteiger partial charge in [0.1, 0.15) is 0 Å². The van der Waals surface area contributed by atoms with E-state index in [1.807, 2.05) is 36.1 Å². The average molecular weight is 215 g/mol. The first kappa shape index (κ1) is 10.7. The first-order chi connectivity index (χ1) is 7.58. The molecule has 2 aromatic rings. The van der Waals surface area contributed by atoms with E-state index in [4.69, 9.17) is 5.73 Å². The third kappa shape index (κ3) is 1.94.